The van der Waals surface area contributed by atoms with Crippen LogP contribution in [0.15, 0.2) is 28.4 Å². The Morgan fingerprint density at radius 1 is 1.20 bits per heavy atom. The second-order valence-electron chi connectivity index (χ2n) is 13.0. The number of carbonyl (C=O) groups excluding carboxylic acids is 2. The van der Waals surface area contributed by atoms with Crippen molar-refractivity contribution in [2.75, 3.05) is 20.3 Å². The van der Waals surface area contributed by atoms with Gasteiger partial charge in [-0.2, -0.15) is 13.2 Å². The van der Waals surface area contributed by atoms with Crippen LogP contribution < -0.4 is 15.4 Å². The van der Waals surface area contributed by atoms with E-state index in [1.54, 1.807) is 18.3 Å². The van der Waals surface area contributed by atoms with Gasteiger partial charge in [-0.3, -0.25) is 9.59 Å². The van der Waals surface area contributed by atoms with Crippen LogP contribution in [-0.4, -0.2) is 66.0 Å². The van der Waals surface area contributed by atoms with Gasteiger partial charge in [0.15, 0.2) is 11.1 Å². The van der Waals surface area contributed by atoms with Crippen molar-refractivity contribution in [1.82, 2.24) is 20.6 Å². The molecule has 2 bridgehead atoms. The average Bonchev–Trinajstić information content (AvgIpc) is 3.56. The number of hydrogen-bond donors (Lipinski definition) is 2. The smallest absolute Gasteiger partial charge is 0.443 e. The molecule has 1 saturated heterocycles. The van der Waals surface area contributed by atoms with E-state index < -0.39 is 29.1 Å². The Morgan fingerprint density at radius 2 is 1.98 bits per heavy atom. The normalized spacial score (nSPS) is 30.9. The molecular formula is C31H34F3N5O5S. The fraction of sp³-hybridized carbons (Fsp3) is 0.581. The summed E-state index contributed by atoms with van der Waals surface area (Å²) in [5.41, 5.74) is 2.52. The maximum Gasteiger partial charge on any atom is 0.443 e. The number of alkyl halides is 3. The number of halogens is 3. The van der Waals surface area contributed by atoms with Gasteiger partial charge in [0.05, 0.1) is 43.6 Å². The van der Waals surface area contributed by atoms with Gasteiger partial charge < -0.3 is 24.9 Å². The third-order valence-electron chi connectivity index (χ3n) is 10.3. The van der Waals surface area contributed by atoms with Gasteiger partial charge >= 0.3 is 6.18 Å². The summed E-state index contributed by atoms with van der Waals surface area (Å²) < 4.78 is 50.8. The Hall–Kier alpha value is -3.52. The van der Waals surface area contributed by atoms with Crippen LogP contribution in [0, 0.1) is 29.1 Å². The molecule has 2 amide bonds. The minimum absolute atomic E-state index is 0.0365. The molecule has 5 aliphatic rings. The minimum atomic E-state index is -4.53. The van der Waals surface area contributed by atoms with E-state index in [2.05, 4.69) is 32.7 Å². The summed E-state index contributed by atoms with van der Waals surface area (Å²) in [5.74, 6) is -1.68. The van der Waals surface area contributed by atoms with Crippen molar-refractivity contribution >= 4 is 34.9 Å². The van der Waals surface area contributed by atoms with Crippen LogP contribution in [0.25, 0.3) is 6.08 Å². The van der Waals surface area contributed by atoms with E-state index in [1.165, 1.54) is 12.5 Å². The van der Waals surface area contributed by atoms with Crippen molar-refractivity contribution in [2.24, 2.45) is 34.2 Å². The molecule has 240 valence electrons. The van der Waals surface area contributed by atoms with Crippen molar-refractivity contribution in [3.8, 4) is 5.88 Å². The summed E-state index contributed by atoms with van der Waals surface area (Å²) in [6.07, 6.45) is 1.96. The Bertz CT molecular complexity index is 1590. The molecule has 7 atom stereocenters. The zero-order valence-corrected chi connectivity index (χ0v) is 25.8. The van der Waals surface area contributed by atoms with E-state index in [-0.39, 0.29) is 58.4 Å². The molecule has 2 aliphatic heterocycles. The lowest BCUT2D eigenvalue weighted by atomic mass is 9.83. The number of ether oxygens (including phenoxy) is 2. The number of nitrogens with zero attached hydrogens (tertiary/aromatic N) is 3. The number of hydrogen-bond acceptors (Lipinski definition) is 9. The van der Waals surface area contributed by atoms with E-state index in [1.807, 2.05) is 6.92 Å². The number of nitrogens with one attached hydrogen (secondary N) is 2. The first-order chi connectivity index (χ1) is 21.5. The molecule has 7 rings (SSSR count). The van der Waals surface area contributed by atoms with Gasteiger partial charge in [-0.1, -0.05) is 17.7 Å². The highest BCUT2D eigenvalue weighted by Gasteiger charge is 2.56. The van der Waals surface area contributed by atoms with Crippen LogP contribution in [-0.2, 0) is 20.5 Å². The van der Waals surface area contributed by atoms with Gasteiger partial charge in [0.1, 0.15) is 5.56 Å². The van der Waals surface area contributed by atoms with Crippen molar-refractivity contribution in [1.29, 1.82) is 0 Å². The fourth-order valence-electron chi connectivity index (χ4n) is 7.26. The summed E-state index contributed by atoms with van der Waals surface area (Å²) >= 11 is 0.541. The van der Waals surface area contributed by atoms with E-state index in [4.69, 9.17) is 14.3 Å². The van der Waals surface area contributed by atoms with Gasteiger partial charge in [0.25, 0.3) is 5.91 Å². The molecule has 4 fully saturated rings. The number of carbonyl (C=O) groups is 2. The molecule has 2 unspecified atom stereocenters. The Balaban J connectivity index is 1.19. The van der Waals surface area contributed by atoms with Crippen LogP contribution in [0.4, 0.5) is 13.2 Å². The highest BCUT2D eigenvalue weighted by molar-refractivity contribution is 7.09. The quantitative estimate of drug-likeness (QED) is 0.435. The van der Waals surface area contributed by atoms with E-state index in [9.17, 15) is 22.8 Å². The highest BCUT2D eigenvalue weighted by Crippen LogP contribution is 2.54. The van der Waals surface area contributed by atoms with E-state index >= 15 is 0 Å². The molecule has 4 heterocycles. The number of aromatic nitrogens is 2. The van der Waals surface area contributed by atoms with Gasteiger partial charge in [-0.25, -0.2) is 9.97 Å². The second-order valence-corrected chi connectivity index (χ2v) is 13.8. The number of rotatable bonds is 8. The highest BCUT2D eigenvalue weighted by atomic mass is 32.1. The lowest BCUT2D eigenvalue weighted by Gasteiger charge is -2.32. The molecule has 14 heteroatoms. The standard InChI is InChI=1S/C31H34F3N5O5S/c1-14(30(2)6-7-30)36-27(41)23-17-4-5-18(19(17)9-16-13-45-29(37-16)31(32,33)34)25(23)38-26(40)20-8-15(10-35-28(20)42-3)24-21-11-43-12-22(21)44-39-24/h8-10,13-14,17-18,21-23,25H,4-7,11-12H2,1-3H3,(H,36,41)(H,38,40)/b19-9-/t14-,17+,18-,21?,22?,23+,25-/m1/s1. The van der Waals surface area contributed by atoms with Gasteiger partial charge in [-0.05, 0) is 56.1 Å². The molecule has 3 saturated carbocycles. The maximum absolute atomic E-state index is 14.0. The molecule has 45 heavy (non-hydrogen) atoms. The third-order valence-corrected chi connectivity index (χ3v) is 11.2. The number of methoxy groups -OCH3 is 1. The van der Waals surface area contributed by atoms with Crippen LogP contribution in [0.2, 0.25) is 0 Å². The Labute approximate surface area is 261 Å². The Kier molecular flexibility index (Phi) is 7.42. The number of thiazole rings is 1. The minimum Gasteiger partial charge on any atom is -0.480 e. The van der Waals surface area contributed by atoms with Crippen LogP contribution in [0.1, 0.15) is 66.2 Å². The summed E-state index contributed by atoms with van der Waals surface area (Å²) in [5, 5.41) is 11.0. The van der Waals surface area contributed by atoms with Crippen molar-refractivity contribution < 1.29 is 37.1 Å². The molecule has 3 aliphatic carbocycles. The predicted molar refractivity (Wildman–Crippen MR) is 158 cm³/mol. The van der Waals surface area contributed by atoms with E-state index in [0.29, 0.717) is 48.7 Å². The van der Waals surface area contributed by atoms with Gasteiger partial charge in [-0.15, -0.1) is 11.3 Å². The molecule has 2 aromatic heterocycles. The van der Waals surface area contributed by atoms with Crippen LogP contribution in [0.3, 0.4) is 0 Å². The van der Waals surface area contributed by atoms with Gasteiger partial charge in [0.2, 0.25) is 11.8 Å². The van der Waals surface area contributed by atoms with E-state index in [0.717, 1.165) is 18.4 Å². The van der Waals surface area contributed by atoms with Crippen molar-refractivity contribution in [3.05, 3.63) is 45.0 Å². The van der Waals surface area contributed by atoms with Crippen LogP contribution >= 0.6 is 11.3 Å². The topological polar surface area (TPSA) is 124 Å². The molecule has 0 aromatic carbocycles. The van der Waals surface area contributed by atoms with Gasteiger partial charge in [0, 0.05) is 35.1 Å². The SMILES string of the molecule is COc1ncc(C2=NOC3COCC23)cc1C(=O)N[C@H]1[C@@H](C(=O)N[C@H](C)C2(C)CC2)[C@H]2CC[C@@H]1/C2=C\c1csc(C(F)(F)F)n1. The number of pyridine rings is 1. The summed E-state index contributed by atoms with van der Waals surface area (Å²) in [4.78, 5) is 41.6. The monoisotopic (exact) mass is 645 g/mol. The first-order valence-electron chi connectivity index (χ1n) is 15.2. The number of amides is 2. The zero-order valence-electron chi connectivity index (χ0n) is 25.0. The molecule has 0 spiro atoms. The maximum atomic E-state index is 14.0. The van der Waals surface area contributed by atoms with Crippen LogP contribution in [0.5, 0.6) is 5.88 Å². The van der Waals surface area contributed by atoms with Crippen molar-refractivity contribution in [2.45, 2.75) is 63.9 Å². The largest absolute Gasteiger partial charge is 0.480 e. The third kappa shape index (κ3) is 5.39. The lowest BCUT2D eigenvalue weighted by Crippen LogP contribution is -2.52. The molecule has 10 nitrogen and oxygen atoms in total. The van der Waals surface area contributed by atoms with Crippen molar-refractivity contribution in [3.63, 3.8) is 0 Å². The molecule has 0 radical (unpaired) electrons. The fourth-order valence-corrected chi connectivity index (χ4v) is 7.90. The lowest BCUT2D eigenvalue weighted by molar-refractivity contribution is -0.137. The average molecular weight is 646 g/mol. The predicted octanol–water partition coefficient (Wildman–Crippen LogP) is 4.46. The summed E-state index contributed by atoms with van der Waals surface area (Å²) in [6, 6.07) is 1.02. The Morgan fingerprint density at radius 3 is 2.69 bits per heavy atom. The first-order valence-corrected chi connectivity index (χ1v) is 16.1. The summed E-state index contributed by atoms with van der Waals surface area (Å²) in [7, 11) is 1.42. The first kappa shape index (κ1) is 30.2. The molecule has 2 aromatic rings. The number of fused-ring (bicyclic) bond motifs is 3. The zero-order chi connectivity index (χ0) is 31.7. The second kappa shape index (κ2) is 11.1. The summed E-state index contributed by atoms with van der Waals surface area (Å²) in [6.45, 7) is 5.02. The number of oxime groups is 1. The molecular weight excluding hydrogens is 611 g/mol. The molecule has 2 N–H and O–H groups in total.